The Morgan fingerprint density at radius 3 is 2.36 bits per heavy atom. The van der Waals surface area contributed by atoms with Gasteiger partial charge in [0.05, 0.1) is 12.9 Å². The van der Waals surface area contributed by atoms with E-state index in [4.69, 9.17) is 4.74 Å². The molecule has 0 radical (unpaired) electrons. The maximum atomic E-state index is 14.2. The van der Waals surface area contributed by atoms with Gasteiger partial charge in [-0.25, -0.2) is 14.4 Å². The number of rotatable bonds is 9. The van der Waals surface area contributed by atoms with Crippen LogP contribution in [0.15, 0.2) is 59.8 Å². The van der Waals surface area contributed by atoms with Gasteiger partial charge in [0, 0.05) is 29.2 Å². The molecule has 2 aromatic carbocycles. The molecule has 3 rings (SSSR count). The normalized spacial score (nSPS) is 10.5. The summed E-state index contributed by atoms with van der Waals surface area (Å²) >= 11 is 1.18. The van der Waals surface area contributed by atoms with E-state index in [-0.39, 0.29) is 24.7 Å². The molecular weight excluding hydrogens is 443 g/mol. The number of aromatic nitrogens is 2. The Hall–Kier alpha value is -3.46. The van der Waals surface area contributed by atoms with E-state index < -0.39 is 11.7 Å². The van der Waals surface area contributed by atoms with Crippen LogP contribution in [0.25, 0.3) is 0 Å². The molecule has 0 aliphatic rings. The topological polar surface area (TPSA) is 84.4 Å². The largest absolute Gasteiger partial charge is 0.497 e. The van der Waals surface area contributed by atoms with Crippen LogP contribution < -0.4 is 10.1 Å². The Kier molecular flexibility index (Phi) is 8.37. The lowest BCUT2D eigenvalue weighted by Gasteiger charge is -2.22. The average Bonchev–Trinajstić information content (AvgIpc) is 2.78. The van der Waals surface area contributed by atoms with Gasteiger partial charge in [-0.05, 0) is 50.2 Å². The monoisotopic (exact) mass is 468 g/mol. The number of aryl methyl sites for hydroxylation is 2. The first-order chi connectivity index (χ1) is 15.8. The minimum Gasteiger partial charge on any atom is -0.497 e. The number of thioether (sulfide) groups is 1. The van der Waals surface area contributed by atoms with Gasteiger partial charge < -0.3 is 15.0 Å². The van der Waals surface area contributed by atoms with Crippen LogP contribution in [0.4, 0.5) is 10.1 Å². The molecule has 1 aromatic heterocycles. The van der Waals surface area contributed by atoms with Crippen LogP contribution in [0.3, 0.4) is 0 Å². The van der Waals surface area contributed by atoms with Crippen molar-refractivity contribution >= 4 is 29.3 Å². The summed E-state index contributed by atoms with van der Waals surface area (Å²) in [5.41, 5.74) is 2.51. The van der Waals surface area contributed by atoms with Crippen molar-refractivity contribution in [3.05, 3.63) is 77.4 Å². The maximum absolute atomic E-state index is 14.2. The number of halogens is 1. The van der Waals surface area contributed by atoms with Crippen molar-refractivity contribution in [3.8, 4) is 5.75 Å². The molecule has 1 N–H and O–H groups in total. The third-order valence-corrected chi connectivity index (χ3v) is 5.50. The molecule has 0 saturated carbocycles. The molecule has 33 heavy (non-hydrogen) atoms. The highest BCUT2D eigenvalue weighted by Crippen LogP contribution is 2.18. The quantitative estimate of drug-likeness (QED) is 0.378. The molecular formula is C24H25FN4O3S. The van der Waals surface area contributed by atoms with Gasteiger partial charge in [0.15, 0.2) is 5.16 Å². The Bertz CT molecular complexity index is 1100. The Morgan fingerprint density at radius 2 is 1.73 bits per heavy atom. The van der Waals surface area contributed by atoms with Crippen molar-refractivity contribution < 1.29 is 18.7 Å². The van der Waals surface area contributed by atoms with E-state index in [2.05, 4.69) is 15.3 Å². The predicted molar refractivity (Wildman–Crippen MR) is 126 cm³/mol. The molecule has 0 fully saturated rings. The van der Waals surface area contributed by atoms with E-state index in [9.17, 15) is 14.0 Å². The smallest absolute Gasteiger partial charge is 0.244 e. The highest BCUT2D eigenvalue weighted by atomic mass is 32.2. The third-order valence-electron chi connectivity index (χ3n) is 4.67. The second-order valence-electron chi connectivity index (χ2n) is 7.34. The molecule has 0 unspecified atom stereocenters. The first-order valence-corrected chi connectivity index (χ1v) is 11.2. The molecule has 0 aliphatic carbocycles. The Balaban J connectivity index is 1.71. The Morgan fingerprint density at radius 1 is 1.06 bits per heavy atom. The summed E-state index contributed by atoms with van der Waals surface area (Å²) < 4.78 is 19.3. The first-order valence-electron chi connectivity index (χ1n) is 10.2. The molecule has 1 heterocycles. The summed E-state index contributed by atoms with van der Waals surface area (Å²) in [5, 5.41) is 3.23. The number of nitrogens with zero attached hydrogens (tertiary/aromatic N) is 3. The minimum atomic E-state index is -0.434. The summed E-state index contributed by atoms with van der Waals surface area (Å²) in [4.78, 5) is 35.6. The van der Waals surface area contributed by atoms with Crippen molar-refractivity contribution in [2.45, 2.75) is 25.5 Å². The zero-order chi connectivity index (χ0) is 23.8. The number of carbonyl (C=O) groups excluding carboxylic acids is 2. The van der Waals surface area contributed by atoms with Crippen molar-refractivity contribution in [2.24, 2.45) is 0 Å². The van der Waals surface area contributed by atoms with Gasteiger partial charge in [0.25, 0.3) is 0 Å². The summed E-state index contributed by atoms with van der Waals surface area (Å²) in [6.45, 7) is 3.45. The van der Waals surface area contributed by atoms with Crippen LogP contribution >= 0.6 is 11.8 Å². The summed E-state index contributed by atoms with van der Waals surface area (Å²) in [6.07, 6.45) is 0. The van der Waals surface area contributed by atoms with Crippen LogP contribution in [-0.2, 0) is 16.1 Å². The van der Waals surface area contributed by atoms with Crippen molar-refractivity contribution in [2.75, 3.05) is 24.7 Å². The number of amides is 2. The molecule has 3 aromatic rings. The lowest BCUT2D eigenvalue weighted by Crippen LogP contribution is -2.38. The van der Waals surface area contributed by atoms with Gasteiger partial charge in [0.2, 0.25) is 11.8 Å². The fourth-order valence-electron chi connectivity index (χ4n) is 3.09. The van der Waals surface area contributed by atoms with Gasteiger partial charge in [0.1, 0.15) is 18.1 Å². The second-order valence-corrected chi connectivity index (χ2v) is 8.28. The van der Waals surface area contributed by atoms with E-state index >= 15 is 0 Å². The molecule has 0 aliphatic heterocycles. The Labute approximate surface area is 196 Å². The van der Waals surface area contributed by atoms with Crippen LogP contribution in [0.1, 0.15) is 17.0 Å². The predicted octanol–water partition coefficient (Wildman–Crippen LogP) is 4.00. The lowest BCUT2D eigenvalue weighted by molar-refractivity contribution is -0.133. The molecule has 0 atom stereocenters. The van der Waals surface area contributed by atoms with Crippen LogP contribution in [0, 0.1) is 19.7 Å². The van der Waals surface area contributed by atoms with Crippen LogP contribution in [-0.4, -0.2) is 46.1 Å². The number of hydrogen-bond acceptors (Lipinski definition) is 6. The fraction of sp³-hybridized carbons (Fsp3) is 0.250. The molecule has 0 saturated heterocycles. The minimum absolute atomic E-state index is 0.0210. The first kappa shape index (κ1) is 24.2. The van der Waals surface area contributed by atoms with Gasteiger partial charge in [-0.15, -0.1) is 0 Å². The van der Waals surface area contributed by atoms with Gasteiger partial charge in [-0.3, -0.25) is 9.59 Å². The van der Waals surface area contributed by atoms with E-state index in [1.54, 1.807) is 49.6 Å². The van der Waals surface area contributed by atoms with Crippen molar-refractivity contribution in [1.29, 1.82) is 0 Å². The molecule has 7 nitrogen and oxygen atoms in total. The van der Waals surface area contributed by atoms with E-state index in [0.717, 1.165) is 11.4 Å². The maximum Gasteiger partial charge on any atom is 0.244 e. The highest BCUT2D eigenvalue weighted by molar-refractivity contribution is 7.99. The number of anilines is 1. The number of hydrogen-bond donors (Lipinski definition) is 1. The van der Waals surface area contributed by atoms with Crippen molar-refractivity contribution in [3.63, 3.8) is 0 Å². The average molecular weight is 469 g/mol. The fourth-order valence-corrected chi connectivity index (χ4v) is 3.94. The molecule has 2 amide bonds. The number of benzene rings is 2. The standard InChI is InChI=1S/C24H25FN4O3S/c1-16-12-17(2)27-24(26-16)33-15-23(31)29(13-18-6-4-5-7-21(18)25)14-22(30)28-19-8-10-20(32-3)11-9-19/h4-12H,13-15H2,1-3H3,(H,28,30). The molecule has 9 heteroatoms. The van der Waals surface area contributed by atoms with E-state index in [1.165, 1.54) is 22.7 Å². The number of methoxy groups -OCH3 is 1. The summed E-state index contributed by atoms with van der Waals surface area (Å²) in [6, 6.07) is 14.9. The van der Waals surface area contributed by atoms with Crippen LogP contribution in [0.5, 0.6) is 5.75 Å². The molecule has 0 bridgehead atoms. The van der Waals surface area contributed by atoms with E-state index in [0.29, 0.717) is 22.2 Å². The van der Waals surface area contributed by atoms with Gasteiger partial charge in [-0.2, -0.15) is 0 Å². The zero-order valence-corrected chi connectivity index (χ0v) is 19.5. The third kappa shape index (κ3) is 7.28. The van der Waals surface area contributed by atoms with Crippen LogP contribution in [0.2, 0.25) is 0 Å². The van der Waals surface area contributed by atoms with Crippen molar-refractivity contribution in [1.82, 2.24) is 14.9 Å². The lowest BCUT2D eigenvalue weighted by atomic mass is 10.2. The summed E-state index contributed by atoms with van der Waals surface area (Å²) in [7, 11) is 1.56. The molecule has 172 valence electrons. The summed E-state index contributed by atoms with van der Waals surface area (Å²) in [5.74, 6) is -0.466. The molecule has 0 spiro atoms. The zero-order valence-electron chi connectivity index (χ0n) is 18.7. The SMILES string of the molecule is COc1ccc(NC(=O)CN(Cc2ccccc2F)C(=O)CSc2nc(C)cc(C)n2)cc1. The number of carbonyl (C=O) groups is 2. The highest BCUT2D eigenvalue weighted by Gasteiger charge is 2.20. The van der Waals surface area contributed by atoms with E-state index in [1.807, 2.05) is 19.9 Å². The van der Waals surface area contributed by atoms with Gasteiger partial charge >= 0.3 is 0 Å². The second kappa shape index (κ2) is 11.4. The number of ether oxygens (including phenoxy) is 1. The number of nitrogens with one attached hydrogen (secondary N) is 1. The van der Waals surface area contributed by atoms with Gasteiger partial charge in [-0.1, -0.05) is 30.0 Å².